The second-order valence-electron chi connectivity index (χ2n) is 5.12. The number of rotatable bonds is 3. The Morgan fingerprint density at radius 2 is 2.05 bits per heavy atom. The zero-order chi connectivity index (χ0) is 15.4. The molecule has 3 rings (SSSR count). The Kier molecular flexibility index (Phi) is 4.10. The van der Waals surface area contributed by atoms with Gasteiger partial charge in [0, 0.05) is 18.5 Å². The quantitative estimate of drug-likeness (QED) is 0.945. The standard InChI is InChI=1S/C18H17N3O/c1-19-18(22)16-15(13-8-4-2-5-9-13)12-20-21-17(16)14-10-6-3-7-11-14/h2-8,10-13H,9H2,1H3,(H,19,22). The third-order valence-corrected chi connectivity index (χ3v) is 3.76. The first-order chi connectivity index (χ1) is 10.8. The topological polar surface area (TPSA) is 54.9 Å². The van der Waals surface area contributed by atoms with Gasteiger partial charge in [-0.25, -0.2) is 0 Å². The molecule has 1 unspecified atom stereocenters. The highest BCUT2D eigenvalue weighted by molar-refractivity contribution is 6.01. The summed E-state index contributed by atoms with van der Waals surface area (Å²) in [5.74, 6) is 0.0157. The lowest BCUT2D eigenvalue weighted by Gasteiger charge is -2.18. The number of amides is 1. The van der Waals surface area contributed by atoms with Crippen LogP contribution in [0.5, 0.6) is 0 Å². The lowest BCUT2D eigenvalue weighted by Crippen LogP contribution is -2.22. The molecular weight excluding hydrogens is 274 g/mol. The maximum Gasteiger partial charge on any atom is 0.253 e. The molecule has 0 saturated heterocycles. The van der Waals surface area contributed by atoms with Crippen LogP contribution in [0.25, 0.3) is 11.3 Å². The Morgan fingerprint density at radius 1 is 1.23 bits per heavy atom. The molecule has 1 aliphatic carbocycles. The summed E-state index contributed by atoms with van der Waals surface area (Å²) in [4.78, 5) is 12.5. The molecule has 1 aromatic heterocycles. The SMILES string of the molecule is CNC(=O)c1c(C2C=CC=CC2)cnnc1-c1ccccc1. The van der Waals surface area contributed by atoms with Crippen molar-refractivity contribution in [1.29, 1.82) is 0 Å². The minimum atomic E-state index is -0.133. The van der Waals surface area contributed by atoms with Crippen molar-refractivity contribution in [3.63, 3.8) is 0 Å². The minimum absolute atomic E-state index is 0.133. The van der Waals surface area contributed by atoms with E-state index < -0.39 is 0 Å². The number of carbonyl (C=O) groups is 1. The maximum absolute atomic E-state index is 12.5. The predicted molar refractivity (Wildman–Crippen MR) is 86.5 cm³/mol. The first-order valence-corrected chi connectivity index (χ1v) is 7.27. The number of allylic oxidation sites excluding steroid dienone is 4. The summed E-state index contributed by atoms with van der Waals surface area (Å²) in [6.07, 6.45) is 10.8. The maximum atomic E-state index is 12.5. The number of hydrogen-bond donors (Lipinski definition) is 1. The first-order valence-electron chi connectivity index (χ1n) is 7.27. The van der Waals surface area contributed by atoms with Crippen molar-refractivity contribution in [3.05, 3.63) is 72.0 Å². The average Bonchev–Trinajstić information content (AvgIpc) is 2.62. The third-order valence-electron chi connectivity index (χ3n) is 3.76. The molecule has 1 aromatic carbocycles. The van der Waals surface area contributed by atoms with E-state index in [4.69, 9.17) is 0 Å². The van der Waals surface area contributed by atoms with E-state index >= 15 is 0 Å². The van der Waals surface area contributed by atoms with E-state index in [0.717, 1.165) is 17.5 Å². The molecule has 1 atom stereocenters. The average molecular weight is 291 g/mol. The van der Waals surface area contributed by atoms with E-state index in [1.54, 1.807) is 13.2 Å². The first kappa shape index (κ1) is 14.2. The fourth-order valence-corrected chi connectivity index (χ4v) is 2.65. The third kappa shape index (κ3) is 2.68. The van der Waals surface area contributed by atoms with Crippen LogP contribution in [0.4, 0.5) is 0 Å². The molecule has 0 fully saturated rings. The van der Waals surface area contributed by atoms with E-state index in [-0.39, 0.29) is 11.8 Å². The molecule has 1 heterocycles. The van der Waals surface area contributed by atoms with Gasteiger partial charge in [0.1, 0.15) is 5.69 Å². The summed E-state index contributed by atoms with van der Waals surface area (Å²) < 4.78 is 0. The number of aromatic nitrogens is 2. The Labute approximate surface area is 129 Å². The second kappa shape index (κ2) is 6.35. The summed E-state index contributed by atoms with van der Waals surface area (Å²) in [5.41, 5.74) is 3.04. The number of hydrogen-bond acceptors (Lipinski definition) is 3. The molecule has 22 heavy (non-hydrogen) atoms. The van der Waals surface area contributed by atoms with Crippen LogP contribution in [-0.2, 0) is 0 Å². The molecule has 0 radical (unpaired) electrons. The summed E-state index contributed by atoms with van der Waals surface area (Å²) in [5, 5.41) is 11.1. The van der Waals surface area contributed by atoms with Gasteiger partial charge in [0.05, 0.1) is 11.8 Å². The van der Waals surface area contributed by atoms with Gasteiger partial charge >= 0.3 is 0 Å². The number of nitrogens with zero attached hydrogens (tertiary/aromatic N) is 2. The number of nitrogens with one attached hydrogen (secondary N) is 1. The number of carbonyl (C=O) groups excluding carboxylic acids is 1. The van der Waals surface area contributed by atoms with E-state index in [9.17, 15) is 4.79 Å². The van der Waals surface area contributed by atoms with E-state index in [1.807, 2.05) is 42.5 Å². The van der Waals surface area contributed by atoms with Crippen LogP contribution in [0.15, 0.2) is 60.8 Å². The van der Waals surface area contributed by atoms with Crippen LogP contribution in [0.2, 0.25) is 0 Å². The van der Waals surface area contributed by atoms with Gasteiger partial charge in [-0.15, -0.1) is 5.10 Å². The highest BCUT2D eigenvalue weighted by Crippen LogP contribution is 2.31. The van der Waals surface area contributed by atoms with Gasteiger partial charge in [0.2, 0.25) is 0 Å². The Balaban J connectivity index is 2.16. The minimum Gasteiger partial charge on any atom is -0.355 e. The van der Waals surface area contributed by atoms with Crippen molar-refractivity contribution in [2.45, 2.75) is 12.3 Å². The summed E-state index contributed by atoms with van der Waals surface area (Å²) in [6, 6.07) is 9.68. The molecule has 110 valence electrons. The molecule has 0 saturated carbocycles. The molecular formula is C18H17N3O. The molecule has 1 amide bonds. The van der Waals surface area contributed by atoms with Gasteiger partial charge in [-0.1, -0.05) is 54.6 Å². The second-order valence-corrected chi connectivity index (χ2v) is 5.12. The van der Waals surface area contributed by atoms with E-state index in [2.05, 4.69) is 27.7 Å². The molecule has 4 heteroatoms. The van der Waals surface area contributed by atoms with Crippen LogP contribution in [0.3, 0.4) is 0 Å². The van der Waals surface area contributed by atoms with Crippen LogP contribution in [0.1, 0.15) is 28.3 Å². The van der Waals surface area contributed by atoms with Crippen molar-refractivity contribution >= 4 is 5.91 Å². The van der Waals surface area contributed by atoms with Gasteiger partial charge in [-0.2, -0.15) is 5.10 Å². The van der Waals surface area contributed by atoms with Crippen molar-refractivity contribution in [2.75, 3.05) is 7.05 Å². The lowest BCUT2D eigenvalue weighted by molar-refractivity contribution is 0.0962. The smallest absolute Gasteiger partial charge is 0.253 e. The van der Waals surface area contributed by atoms with Crippen molar-refractivity contribution in [3.8, 4) is 11.3 Å². The zero-order valence-electron chi connectivity index (χ0n) is 12.4. The fourth-order valence-electron chi connectivity index (χ4n) is 2.65. The molecule has 0 bridgehead atoms. The van der Waals surface area contributed by atoms with E-state index in [1.165, 1.54) is 0 Å². The molecule has 1 N–H and O–H groups in total. The van der Waals surface area contributed by atoms with E-state index in [0.29, 0.717) is 11.3 Å². The van der Waals surface area contributed by atoms with Crippen LogP contribution in [-0.4, -0.2) is 23.2 Å². The van der Waals surface area contributed by atoms with Crippen LogP contribution >= 0.6 is 0 Å². The molecule has 1 aliphatic rings. The molecule has 2 aromatic rings. The summed E-state index contributed by atoms with van der Waals surface area (Å²) in [7, 11) is 1.64. The van der Waals surface area contributed by atoms with Crippen molar-refractivity contribution in [2.24, 2.45) is 0 Å². The molecule has 4 nitrogen and oxygen atoms in total. The zero-order valence-corrected chi connectivity index (χ0v) is 12.4. The number of benzene rings is 1. The highest BCUT2D eigenvalue weighted by atomic mass is 16.1. The Hall–Kier alpha value is -2.75. The van der Waals surface area contributed by atoms with Gasteiger partial charge in [0.25, 0.3) is 5.91 Å². The molecule has 0 spiro atoms. The van der Waals surface area contributed by atoms with Gasteiger partial charge in [0.15, 0.2) is 0 Å². The Bertz CT molecular complexity index is 735. The van der Waals surface area contributed by atoms with Gasteiger partial charge in [-0.3, -0.25) is 4.79 Å². The monoisotopic (exact) mass is 291 g/mol. The van der Waals surface area contributed by atoms with Crippen LogP contribution in [0, 0.1) is 0 Å². The van der Waals surface area contributed by atoms with Crippen molar-refractivity contribution in [1.82, 2.24) is 15.5 Å². The Morgan fingerprint density at radius 3 is 2.73 bits per heavy atom. The fraction of sp³-hybridized carbons (Fsp3) is 0.167. The summed E-state index contributed by atoms with van der Waals surface area (Å²) >= 11 is 0. The largest absolute Gasteiger partial charge is 0.355 e. The normalized spacial score (nSPS) is 16.5. The van der Waals surface area contributed by atoms with Crippen LogP contribution < -0.4 is 5.32 Å². The lowest BCUT2D eigenvalue weighted by atomic mass is 9.88. The predicted octanol–water partition coefficient (Wildman–Crippen LogP) is 3.10. The highest BCUT2D eigenvalue weighted by Gasteiger charge is 2.23. The van der Waals surface area contributed by atoms with Gasteiger partial charge in [-0.05, 0) is 12.0 Å². The summed E-state index contributed by atoms with van der Waals surface area (Å²) in [6.45, 7) is 0. The van der Waals surface area contributed by atoms with Gasteiger partial charge < -0.3 is 5.32 Å². The van der Waals surface area contributed by atoms with Crippen molar-refractivity contribution < 1.29 is 4.79 Å². The molecule has 0 aliphatic heterocycles.